The number of benzene rings is 1. The van der Waals surface area contributed by atoms with Crippen molar-refractivity contribution in [1.82, 2.24) is 9.97 Å². The second-order valence-corrected chi connectivity index (χ2v) is 10.3. The van der Waals surface area contributed by atoms with Gasteiger partial charge in [0.1, 0.15) is 35.2 Å². The molecule has 1 aromatic carbocycles. The maximum Gasteiger partial charge on any atom is 0.165 e. The van der Waals surface area contributed by atoms with Gasteiger partial charge in [0, 0.05) is 29.0 Å². The van der Waals surface area contributed by atoms with Crippen LogP contribution in [-0.4, -0.2) is 41.9 Å². The molecule has 0 bridgehead atoms. The number of hydrogen-bond donors (Lipinski definition) is 2. The molecule has 8 nitrogen and oxygen atoms in total. The first kappa shape index (κ1) is 23.5. The summed E-state index contributed by atoms with van der Waals surface area (Å²) in [5.74, 6) is -1.21. The molecule has 0 amide bonds. The smallest absolute Gasteiger partial charge is 0.165 e. The number of nitrogens with two attached hydrogens (primary N) is 1. The second-order valence-electron chi connectivity index (χ2n) is 8.03. The minimum atomic E-state index is -3.91. The lowest BCUT2D eigenvalue weighted by molar-refractivity contribution is 0.489. The van der Waals surface area contributed by atoms with E-state index in [1.807, 2.05) is 6.07 Å². The molecule has 2 unspecified atom stereocenters. The molecule has 0 radical (unpaired) electrons. The summed E-state index contributed by atoms with van der Waals surface area (Å²) in [5.41, 5.74) is 6.97. The van der Waals surface area contributed by atoms with Crippen LogP contribution in [0.25, 0.3) is 10.9 Å². The van der Waals surface area contributed by atoms with Crippen molar-refractivity contribution in [2.24, 2.45) is 10.7 Å². The molecule has 176 valence electrons. The number of sulfone groups is 1. The van der Waals surface area contributed by atoms with Gasteiger partial charge < -0.3 is 11.1 Å². The van der Waals surface area contributed by atoms with Crippen molar-refractivity contribution in [1.29, 1.82) is 5.26 Å². The molecule has 1 fully saturated rings. The quantitative estimate of drug-likeness (QED) is 0.576. The first-order valence-corrected chi connectivity index (χ1v) is 12.4. The SMILES string of the molecule is C1CC1.N#Cc1cnc2c(Nc3ccc(F)c(C4CS(=O)(=O)C(CF)C(N)=N4)c3)nccc2c1. The summed E-state index contributed by atoms with van der Waals surface area (Å²) in [6.07, 6.45) is 7.45. The predicted octanol–water partition coefficient (Wildman–Crippen LogP) is 3.72. The van der Waals surface area contributed by atoms with Gasteiger partial charge in [-0.1, -0.05) is 19.3 Å². The molecule has 3 heterocycles. The Kier molecular flexibility index (Phi) is 6.70. The molecule has 0 spiro atoms. The number of fused-ring (bicyclic) bond motifs is 1. The van der Waals surface area contributed by atoms with Gasteiger partial charge in [-0.05, 0) is 30.3 Å². The molecule has 2 atom stereocenters. The fraction of sp³-hybridized carbons (Fsp3) is 0.304. The monoisotopic (exact) mass is 484 g/mol. The van der Waals surface area contributed by atoms with Crippen molar-refractivity contribution in [2.75, 3.05) is 17.7 Å². The highest BCUT2D eigenvalue weighted by Gasteiger charge is 2.37. The maximum absolute atomic E-state index is 14.5. The van der Waals surface area contributed by atoms with Crippen LogP contribution in [0.5, 0.6) is 0 Å². The molecule has 2 aliphatic rings. The number of alkyl halides is 1. The number of amidine groups is 1. The average molecular weight is 485 g/mol. The number of aliphatic imine (C=N–C) groups is 1. The standard InChI is InChI=1S/C20H16F2N6O2S.C3H6/c21-7-17-19(24)28-16(10-31(17,29)30)14-6-13(1-2-15(14)22)27-20-18-12(3-4-25-20)5-11(8-23)9-26-18;1-2-3-1/h1-6,9,16-17H,7,10H2,(H2,24,28)(H,25,27);1-3H2. The third-order valence-corrected chi connectivity index (χ3v) is 7.31. The van der Waals surface area contributed by atoms with Gasteiger partial charge in [-0.3, -0.25) is 9.98 Å². The number of halogens is 2. The summed E-state index contributed by atoms with van der Waals surface area (Å²) in [6.45, 7) is -1.18. The summed E-state index contributed by atoms with van der Waals surface area (Å²) in [6, 6.07) is 8.33. The Morgan fingerprint density at radius 3 is 2.59 bits per heavy atom. The Morgan fingerprint density at radius 2 is 1.94 bits per heavy atom. The Labute approximate surface area is 195 Å². The van der Waals surface area contributed by atoms with Crippen molar-refractivity contribution in [3.63, 3.8) is 0 Å². The highest BCUT2D eigenvalue weighted by Crippen LogP contribution is 2.31. The highest BCUT2D eigenvalue weighted by molar-refractivity contribution is 7.92. The van der Waals surface area contributed by atoms with Crippen LogP contribution >= 0.6 is 0 Å². The average Bonchev–Trinajstić information content (AvgIpc) is 3.69. The van der Waals surface area contributed by atoms with Crippen LogP contribution in [0.4, 0.5) is 20.3 Å². The van der Waals surface area contributed by atoms with E-state index in [9.17, 15) is 17.2 Å². The van der Waals surface area contributed by atoms with Crippen molar-refractivity contribution in [3.8, 4) is 6.07 Å². The third-order valence-electron chi connectivity index (χ3n) is 5.30. The number of pyridine rings is 2. The fourth-order valence-corrected chi connectivity index (χ4v) is 4.93. The van der Waals surface area contributed by atoms with E-state index in [4.69, 9.17) is 11.0 Å². The van der Waals surface area contributed by atoms with Crippen molar-refractivity contribution >= 4 is 38.1 Å². The van der Waals surface area contributed by atoms with E-state index < -0.39 is 39.4 Å². The van der Waals surface area contributed by atoms with E-state index >= 15 is 0 Å². The Bertz CT molecular complexity index is 1400. The van der Waals surface area contributed by atoms with Gasteiger partial charge in [-0.2, -0.15) is 5.26 Å². The van der Waals surface area contributed by atoms with Gasteiger partial charge in [-0.25, -0.2) is 22.2 Å². The van der Waals surface area contributed by atoms with Crippen molar-refractivity contribution in [3.05, 3.63) is 59.7 Å². The lowest BCUT2D eigenvalue weighted by Gasteiger charge is -2.25. The molecule has 11 heteroatoms. The zero-order valence-corrected chi connectivity index (χ0v) is 18.9. The Balaban J connectivity index is 0.000000846. The number of aromatic nitrogens is 2. The summed E-state index contributed by atoms with van der Waals surface area (Å²) >= 11 is 0. The topological polar surface area (TPSA) is 134 Å². The lowest BCUT2D eigenvalue weighted by Crippen LogP contribution is -2.44. The molecule has 2 aromatic heterocycles. The maximum atomic E-state index is 14.5. The molecule has 3 N–H and O–H groups in total. The zero-order valence-electron chi connectivity index (χ0n) is 18.1. The molecular weight excluding hydrogens is 462 g/mol. The first-order valence-electron chi connectivity index (χ1n) is 10.6. The summed E-state index contributed by atoms with van der Waals surface area (Å²) in [7, 11) is -3.91. The van der Waals surface area contributed by atoms with Gasteiger partial charge in [0.2, 0.25) is 0 Å². The fourth-order valence-electron chi connectivity index (χ4n) is 3.38. The number of nitriles is 1. The van der Waals surface area contributed by atoms with E-state index in [1.165, 1.54) is 49.9 Å². The normalized spacial score (nSPS) is 20.4. The zero-order chi connectivity index (χ0) is 24.3. The number of anilines is 2. The van der Waals surface area contributed by atoms with Crippen molar-refractivity contribution in [2.45, 2.75) is 30.6 Å². The second kappa shape index (κ2) is 9.69. The lowest BCUT2D eigenvalue weighted by atomic mass is 10.1. The molecule has 34 heavy (non-hydrogen) atoms. The van der Waals surface area contributed by atoms with Gasteiger partial charge in [0.25, 0.3) is 0 Å². The highest BCUT2D eigenvalue weighted by atomic mass is 32.2. The van der Waals surface area contributed by atoms with Crippen LogP contribution in [0.3, 0.4) is 0 Å². The largest absolute Gasteiger partial charge is 0.386 e. The van der Waals surface area contributed by atoms with Crippen LogP contribution in [0, 0.1) is 17.1 Å². The molecule has 1 aliphatic heterocycles. The van der Waals surface area contributed by atoms with E-state index in [0.29, 0.717) is 28.0 Å². The number of hydrogen-bond acceptors (Lipinski definition) is 8. The van der Waals surface area contributed by atoms with Gasteiger partial charge >= 0.3 is 0 Å². The molecule has 1 saturated carbocycles. The predicted molar refractivity (Wildman–Crippen MR) is 126 cm³/mol. The van der Waals surface area contributed by atoms with Crippen LogP contribution in [0.2, 0.25) is 0 Å². The third kappa shape index (κ3) is 5.12. The Morgan fingerprint density at radius 1 is 1.18 bits per heavy atom. The number of rotatable bonds is 4. The van der Waals surface area contributed by atoms with Gasteiger partial charge in [0.15, 0.2) is 15.7 Å². The Hall–Kier alpha value is -3.65. The first-order chi connectivity index (χ1) is 16.3. The van der Waals surface area contributed by atoms with Crippen LogP contribution in [-0.2, 0) is 9.84 Å². The summed E-state index contributed by atoms with van der Waals surface area (Å²) in [5, 5.41) is 11.2. The van der Waals surface area contributed by atoms with Crippen LogP contribution in [0.15, 0.2) is 47.7 Å². The molecule has 1 aliphatic carbocycles. The van der Waals surface area contributed by atoms with Gasteiger partial charge in [0.05, 0.1) is 17.4 Å². The van der Waals surface area contributed by atoms with E-state index in [0.717, 1.165) is 0 Å². The van der Waals surface area contributed by atoms with E-state index in [-0.39, 0.29) is 11.4 Å². The van der Waals surface area contributed by atoms with Gasteiger partial charge in [-0.15, -0.1) is 0 Å². The van der Waals surface area contributed by atoms with E-state index in [1.54, 1.807) is 12.1 Å². The molecule has 3 aromatic rings. The number of nitrogens with zero attached hydrogens (tertiary/aromatic N) is 4. The number of nitrogens with one attached hydrogen (secondary N) is 1. The summed E-state index contributed by atoms with van der Waals surface area (Å²) in [4.78, 5) is 12.5. The minimum absolute atomic E-state index is 0.00814. The minimum Gasteiger partial charge on any atom is -0.386 e. The summed E-state index contributed by atoms with van der Waals surface area (Å²) < 4.78 is 52.2. The van der Waals surface area contributed by atoms with E-state index in [2.05, 4.69) is 20.3 Å². The molecular formula is C23H22F2N6O2S. The van der Waals surface area contributed by atoms with Crippen LogP contribution in [0.1, 0.15) is 36.4 Å². The van der Waals surface area contributed by atoms with Crippen molar-refractivity contribution < 1.29 is 17.2 Å². The molecule has 0 saturated heterocycles. The molecule has 5 rings (SSSR count). The van der Waals surface area contributed by atoms with Crippen LogP contribution < -0.4 is 11.1 Å².